The smallest absolute Gasteiger partial charge is 0.393 e. The summed E-state index contributed by atoms with van der Waals surface area (Å²) >= 11 is 0. The van der Waals surface area contributed by atoms with Crippen molar-refractivity contribution >= 4 is 5.97 Å². The molecule has 4 unspecified atom stereocenters. The maximum atomic E-state index is 12.1. The Bertz CT molecular complexity index is 241. The first kappa shape index (κ1) is 8.80. The van der Waals surface area contributed by atoms with Crippen LogP contribution in [0.15, 0.2) is 0 Å². The van der Waals surface area contributed by atoms with Crippen LogP contribution < -0.4 is 5.32 Å². The number of hydrogen-bond acceptors (Lipinski definition) is 2. The fraction of sp³-hybridized carbons (Fsp3) is 0.857. The molecule has 3 nitrogen and oxygen atoms in total. The summed E-state index contributed by atoms with van der Waals surface area (Å²) in [6, 6.07) is -1.44. The lowest BCUT2D eigenvalue weighted by Gasteiger charge is -2.12. The Morgan fingerprint density at radius 1 is 1.46 bits per heavy atom. The first-order valence-electron chi connectivity index (χ1n) is 3.97. The van der Waals surface area contributed by atoms with E-state index in [9.17, 15) is 18.0 Å². The highest BCUT2D eigenvalue weighted by molar-refractivity contribution is 5.74. The monoisotopic (exact) mass is 195 g/mol. The second-order valence-electron chi connectivity index (χ2n) is 3.55. The van der Waals surface area contributed by atoms with E-state index in [1.807, 2.05) is 0 Å². The highest BCUT2D eigenvalue weighted by Crippen LogP contribution is 2.55. The molecular weight excluding hydrogens is 187 g/mol. The van der Waals surface area contributed by atoms with E-state index in [1.54, 1.807) is 0 Å². The van der Waals surface area contributed by atoms with Crippen LogP contribution in [0, 0.1) is 11.8 Å². The molecule has 0 aromatic rings. The number of carboxylic acids is 1. The van der Waals surface area contributed by atoms with Crippen LogP contribution in [0.4, 0.5) is 13.2 Å². The number of nitrogens with one attached hydrogen (secondary N) is 1. The molecule has 1 saturated carbocycles. The first-order chi connectivity index (χ1) is 5.91. The van der Waals surface area contributed by atoms with E-state index in [0.29, 0.717) is 0 Å². The summed E-state index contributed by atoms with van der Waals surface area (Å²) in [5.74, 6) is -2.89. The molecule has 1 heterocycles. The van der Waals surface area contributed by atoms with Gasteiger partial charge in [0.25, 0.3) is 0 Å². The van der Waals surface area contributed by atoms with Crippen molar-refractivity contribution in [2.45, 2.75) is 24.7 Å². The van der Waals surface area contributed by atoms with Gasteiger partial charge in [-0.25, -0.2) is 0 Å². The van der Waals surface area contributed by atoms with Crippen LogP contribution in [0.1, 0.15) is 6.42 Å². The van der Waals surface area contributed by atoms with Gasteiger partial charge in [-0.1, -0.05) is 0 Å². The van der Waals surface area contributed by atoms with Crippen LogP contribution in [0.5, 0.6) is 0 Å². The SMILES string of the molecule is O=C(O)C1CC2C(N1)C2C(F)(F)F. The third kappa shape index (κ3) is 1.29. The average Bonchev–Trinajstić information content (AvgIpc) is 2.48. The lowest BCUT2D eigenvalue weighted by Crippen LogP contribution is -2.37. The molecular formula is C7H8F3NO2. The molecule has 0 aromatic carbocycles. The predicted octanol–water partition coefficient (Wildman–Crippen LogP) is 0.610. The molecule has 0 amide bonds. The number of hydrogen-bond donors (Lipinski definition) is 2. The van der Waals surface area contributed by atoms with Gasteiger partial charge in [-0.15, -0.1) is 0 Å². The van der Waals surface area contributed by atoms with E-state index >= 15 is 0 Å². The van der Waals surface area contributed by atoms with Crippen molar-refractivity contribution in [1.82, 2.24) is 5.32 Å². The largest absolute Gasteiger partial charge is 0.480 e. The van der Waals surface area contributed by atoms with Crippen LogP contribution in [-0.2, 0) is 4.79 Å². The molecule has 2 fully saturated rings. The molecule has 6 heteroatoms. The third-order valence-corrected chi connectivity index (χ3v) is 2.75. The zero-order chi connectivity index (χ0) is 9.80. The Labute approximate surface area is 71.9 Å². The van der Waals surface area contributed by atoms with Crippen molar-refractivity contribution in [1.29, 1.82) is 0 Å². The summed E-state index contributed by atoms with van der Waals surface area (Å²) in [5.41, 5.74) is 0. The molecule has 0 aromatic heterocycles. The molecule has 0 spiro atoms. The van der Waals surface area contributed by atoms with Gasteiger partial charge in [-0.3, -0.25) is 4.79 Å². The molecule has 1 aliphatic heterocycles. The zero-order valence-electron chi connectivity index (χ0n) is 6.51. The Kier molecular flexibility index (Phi) is 1.61. The Hall–Kier alpha value is -0.780. The maximum absolute atomic E-state index is 12.1. The van der Waals surface area contributed by atoms with Crippen molar-refractivity contribution in [2.75, 3.05) is 0 Å². The minimum Gasteiger partial charge on any atom is -0.480 e. The lowest BCUT2D eigenvalue weighted by molar-refractivity contribution is -0.157. The van der Waals surface area contributed by atoms with Crippen molar-refractivity contribution in [3.8, 4) is 0 Å². The van der Waals surface area contributed by atoms with E-state index in [0.717, 1.165) is 0 Å². The minimum atomic E-state index is -4.17. The van der Waals surface area contributed by atoms with Gasteiger partial charge in [0.15, 0.2) is 0 Å². The van der Waals surface area contributed by atoms with Crippen LogP contribution >= 0.6 is 0 Å². The molecule has 2 N–H and O–H groups in total. The van der Waals surface area contributed by atoms with Gasteiger partial charge in [0.2, 0.25) is 0 Å². The van der Waals surface area contributed by atoms with E-state index in [4.69, 9.17) is 5.11 Å². The molecule has 2 aliphatic rings. The number of carboxylic acid groups (broad SMARTS) is 1. The lowest BCUT2D eigenvalue weighted by atomic mass is 10.1. The number of halogens is 3. The van der Waals surface area contributed by atoms with Crippen LogP contribution in [-0.4, -0.2) is 29.3 Å². The number of fused-ring (bicyclic) bond motifs is 1. The summed E-state index contributed by atoms with van der Waals surface area (Å²) in [6.07, 6.45) is -4.07. The average molecular weight is 195 g/mol. The van der Waals surface area contributed by atoms with E-state index in [2.05, 4.69) is 5.32 Å². The van der Waals surface area contributed by atoms with Gasteiger partial charge >= 0.3 is 12.1 Å². The number of rotatable bonds is 1. The molecule has 13 heavy (non-hydrogen) atoms. The number of alkyl halides is 3. The van der Waals surface area contributed by atoms with Crippen LogP contribution in [0.3, 0.4) is 0 Å². The second kappa shape index (κ2) is 2.37. The van der Waals surface area contributed by atoms with Gasteiger partial charge < -0.3 is 10.4 Å². The standard InChI is InChI=1S/C7H8F3NO2/c8-7(9,10)4-2-1-3(6(12)13)11-5(2)4/h2-5,11H,1H2,(H,12,13). The van der Waals surface area contributed by atoms with Crippen LogP contribution in [0.2, 0.25) is 0 Å². The van der Waals surface area contributed by atoms with Crippen molar-refractivity contribution in [2.24, 2.45) is 11.8 Å². The molecule has 0 bridgehead atoms. The van der Waals surface area contributed by atoms with Crippen molar-refractivity contribution in [3.63, 3.8) is 0 Å². The molecule has 1 saturated heterocycles. The fourth-order valence-electron chi connectivity index (χ4n) is 2.09. The molecule has 0 radical (unpaired) electrons. The Morgan fingerprint density at radius 2 is 2.08 bits per heavy atom. The normalized spacial score (nSPS) is 43.0. The molecule has 74 valence electrons. The topological polar surface area (TPSA) is 49.3 Å². The number of carbonyl (C=O) groups is 1. The van der Waals surface area contributed by atoms with Gasteiger partial charge in [0, 0.05) is 6.04 Å². The minimum absolute atomic E-state index is 0.101. The second-order valence-corrected chi connectivity index (χ2v) is 3.55. The van der Waals surface area contributed by atoms with Gasteiger partial charge in [0.05, 0.1) is 5.92 Å². The highest BCUT2D eigenvalue weighted by atomic mass is 19.4. The van der Waals surface area contributed by atoms with Gasteiger partial charge in [-0.2, -0.15) is 13.2 Å². The number of piperidine rings is 1. The van der Waals surface area contributed by atoms with E-state index in [-0.39, 0.29) is 6.42 Å². The van der Waals surface area contributed by atoms with Gasteiger partial charge in [-0.05, 0) is 12.3 Å². The predicted molar refractivity (Wildman–Crippen MR) is 36.0 cm³/mol. The molecule has 1 aliphatic carbocycles. The molecule has 4 atom stereocenters. The Balaban J connectivity index is 1.94. The zero-order valence-corrected chi connectivity index (χ0v) is 6.51. The first-order valence-corrected chi connectivity index (χ1v) is 3.97. The fourth-order valence-corrected chi connectivity index (χ4v) is 2.09. The van der Waals surface area contributed by atoms with E-state index < -0.39 is 36.1 Å². The van der Waals surface area contributed by atoms with E-state index in [1.165, 1.54) is 0 Å². The van der Waals surface area contributed by atoms with Gasteiger partial charge in [0.1, 0.15) is 6.04 Å². The number of aliphatic carboxylic acids is 1. The van der Waals surface area contributed by atoms with Crippen molar-refractivity contribution in [3.05, 3.63) is 0 Å². The summed E-state index contributed by atoms with van der Waals surface area (Å²) in [5, 5.41) is 11.0. The summed E-state index contributed by atoms with van der Waals surface area (Å²) in [7, 11) is 0. The maximum Gasteiger partial charge on any atom is 0.393 e. The quantitative estimate of drug-likeness (QED) is 0.644. The Morgan fingerprint density at radius 3 is 2.38 bits per heavy atom. The third-order valence-electron chi connectivity index (χ3n) is 2.75. The van der Waals surface area contributed by atoms with Crippen molar-refractivity contribution < 1.29 is 23.1 Å². The summed E-state index contributed by atoms with van der Waals surface area (Å²) in [4.78, 5) is 10.4. The van der Waals surface area contributed by atoms with Crippen LogP contribution in [0.25, 0.3) is 0 Å². The summed E-state index contributed by atoms with van der Waals surface area (Å²) < 4.78 is 36.3. The summed E-state index contributed by atoms with van der Waals surface area (Å²) in [6.45, 7) is 0. The molecule has 2 rings (SSSR count). The highest BCUT2D eigenvalue weighted by Gasteiger charge is 2.68.